The molecule has 1 aromatic heterocycles. The van der Waals surface area contributed by atoms with Gasteiger partial charge in [-0.25, -0.2) is 13.1 Å². The van der Waals surface area contributed by atoms with Gasteiger partial charge >= 0.3 is 0 Å². The van der Waals surface area contributed by atoms with Crippen molar-refractivity contribution in [3.05, 3.63) is 11.4 Å². The van der Waals surface area contributed by atoms with E-state index in [9.17, 15) is 8.42 Å². The van der Waals surface area contributed by atoms with E-state index in [0.29, 0.717) is 37.7 Å². The zero-order chi connectivity index (χ0) is 13.9. The Kier molecular flexibility index (Phi) is 4.56. The standard InChI is InChI=1S/C11H20N4O3S/c1-9-11(10(2)14-13-9)19(16,17)12-3-4-15-5-7-18-8-6-15/h12H,3-8H2,1-2H3,(H,13,14). The fourth-order valence-electron chi connectivity index (χ4n) is 2.17. The molecule has 2 N–H and O–H groups in total. The number of nitrogens with one attached hydrogen (secondary N) is 2. The number of rotatable bonds is 5. The molecule has 8 heteroatoms. The Morgan fingerprint density at radius 2 is 2.05 bits per heavy atom. The van der Waals surface area contributed by atoms with Gasteiger partial charge in [0.05, 0.1) is 24.6 Å². The van der Waals surface area contributed by atoms with Gasteiger partial charge in [-0.2, -0.15) is 5.10 Å². The van der Waals surface area contributed by atoms with Gasteiger partial charge in [0, 0.05) is 26.2 Å². The summed E-state index contributed by atoms with van der Waals surface area (Å²) in [6.07, 6.45) is 0. The van der Waals surface area contributed by atoms with Gasteiger partial charge in [0.1, 0.15) is 4.90 Å². The van der Waals surface area contributed by atoms with Crippen molar-refractivity contribution in [3.63, 3.8) is 0 Å². The Bertz CT molecular complexity index is 501. The second-order valence-electron chi connectivity index (χ2n) is 4.61. The van der Waals surface area contributed by atoms with Crippen LogP contribution >= 0.6 is 0 Å². The first-order valence-corrected chi connectivity index (χ1v) is 7.80. The lowest BCUT2D eigenvalue weighted by Crippen LogP contribution is -2.41. The van der Waals surface area contributed by atoms with Crippen LogP contribution in [-0.4, -0.2) is 62.9 Å². The van der Waals surface area contributed by atoms with Crippen molar-refractivity contribution in [2.75, 3.05) is 39.4 Å². The summed E-state index contributed by atoms with van der Waals surface area (Å²) in [5.41, 5.74) is 1.06. The van der Waals surface area contributed by atoms with Crippen LogP contribution < -0.4 is 4.72 Å². The molecule has 1 fully saturated rings. The molecule has 0 aromatic carbocycles. The van der Waals surface area contributed by atoms with E-state index in [1.807, 2.05) is 0 Å². The van der Waals surface area contributed by atoms with Crippen molar-refractivity contribution >= 4 is 10.0 Å². The smallest absolute Gasteiger partial charge is 0.244 e. The third kappa shape index (κ3) is 3.53. The summed E-state index contributed by atoms with van der Waals surface area (Å²) in [7, 11) is -3.48. The molecular formula is C11H20N4O3S. The maximum absolute atomic E-state index is 12.2. The molecule has 0 spiro atoms. The number of aryl methyl sites for hydroxylation is 2. The first-order chi connectivity index (χ1) is 9.00. The fraction of sp³-hybridized carbons (Fsp3) is 0.727. The first-order valence-electron chi connectivity index (χ1n) is 6.32. The van der Waals surface area contributed by atoms with Gasteiger partial charge in [0.25, 0.3) is 0 Å². The van der Waals surface area contributed by atoms with Crippen LogP contribution in [0.5, 0.6) is 0 Å². The van der Waals surface area contributed by atoms with Gasteiger partial charge in [0.15, 0.2) is 0 Å². The van der Waals surface area contributed by atoms with Crippen molar-refractivity contribution in [3.8, 4) is 0 Å². The molecule has 0 atom stereocenters. The molecule has 7 nitrogen and oxygen atoms in total. The maximum atomic E-state index is 12.2. The fourth-order valence-corrected chi connectivity index (χ4v) is 3.56. The monoisotopic (exact) mass is 288 g/mol. The zero-order valence-electron chi connectivity index (χ0n) is 11.3. The SMILES string of the molecule is Cc1n[nH]c(C)c1S(=O)(=O)NCCN1CCOCC1. The molecule has 108 valence electrons. The summed E-state index contributed by atoms with van der Waals surface area (Å²) >= 11 is 0. The molecule has 0 radical (unpaired) electrons. The zero-order valence-corrected chi connectivity index (χ0v) is 12.1. The molecule has 1 saturated heterocycles. The molecular weight excluding hydrogens is 268 g/mol. The third-order valence-corrected chi connectivity index (χ3v) is 4.88. The first kappa shape index (κ1) is 14.4. The number of aromatic nitrogens is 2. The van der Waals surface area contributed by atoms with E-state index < -0.39 is 10.0 Å². The topological polar surface area (TPSA) is 87.3 Å². The molecule has 1 aliphatic heterocycles. The summed E-state index contributed by atoms with van der Waals surface area (Å²) in [5.74, 6) is 0. The molecule has 0 unspecified atom stereocenters. The number of ether oxygens (including phenoxy) is 1. The number of nitrogens with zero attached hydrogens (tertiary/aromatic N) is 2. The van der Waals surface area contributed by atoms with Crippen molar-refractivity contribution in [2.24, 2.45) is 0 Å². The number of aromatic amines is 1. The predicted octanol–water partition coefficient (Wildman–Crippen LogP) is -0.363. The highest BCUT2D eigenvalue weighted by Gasteiger charge is 2.22. The second kappa shape index (κ2) is 6.00. The molecule has 2 heterocycles. The largest absolute Gasteiger partial charge is 0.379 e. The molecule has 0 amide bonds. The van der Waals surface area contributed by atoms with Crippen molar-refractivity contribution in [2.45, 2.75) is 18.7 Å². The minimum Gasteiger partial charge on any atom is -0.379 e. The number of hydrogen-bond donors (Lipinski definition) is 2. The highest BCUT2D eigenvalue weighted by molar-refractivity contribution is 7.89. The van der Waals surface area contributed by atoms with Gasteiger partial charge < -0.3 is 4.74 Å². The van der Waals surface area contributed by atoms with E-state index in [1.54, 1.807) is 13.8 Å². The average Bonchev–Trinajstić information content (AvgIpc) is 2.70. The number of sulfonamides is 1. The molecule has 0 aliphatic carbocycles. The molecule has 0 saturated carbocycles. The molecule has 0 bridgehead atoms. The minimum absolute atomic E-state index is 0.259. The van der Waals surface area contributed by atoms with Gasteiger partial charge in [-0.15, -0.1) is 0 Å². The van der Waals surface area contributed by atoms with E-state index in [4.69, 9.17) is 4.74 Å². The Balaban J connectivity index is 1.91. The number of hydrogen-bond acceptors (Lipinski definition) is 5. The molecule has 1 aliphatic rings. The van der Waals surface area contributed by atoms with E-state index in [2.05, 4.69) is 19.8 Å². The molecule has 2 rings (SSSR count). The summed E-state index contributed by atoms with van der Waals surface area (Å²) in [6, 6.07) is 0. The Morgan fingerprint density at radius 1 is 1.37 bits per heavy atom. The Morgan fingerprint density at radius 3 is 2.63 bits per heavy atom. The van der Waals surface area contributed by atoms with Crippen LogP contribution in [0.3, 0.4) is 0 Å². The lowest BCUT2D eigenvalue weighted by Gasteiger charge is -2.26. The van der Waals surface area contributed by atoms with Gasteiger partial charge in [-0.1, -0.05) is 0 Å². The summed E-state index contributed by atoms with van der Waals surface area (Å²) in [6.45, 7) is 7.61. The van der Waals surface area contributed by atoms with Gasteiger partial charge in [-0.3, -0.25) is 10.00 Å². The van der Waals surface area contributed by atoms with Crippen molar-refractivity contribution in [1.82, 2.24) is 19.8 Å². The van der Waals surface area contributed by atoms with Gasteiger partial charge in [-0.05, 0) is 13.8 Å². The van der Waals surface area contributed by atoms with E-state index in [1.165, 1.54) is 0 Å². The van der Waals surface area contributed by atoms with Crippen LogP contribution in [0, 0.1) is 13.8 Å². The Labute approximate surface area is 113 Å². The van der Waals surface area contributed by atoms with Crippen molar-refractivity contribution < 1.29 is 13.2 Å². The van der Waals surface area contributed by atoms with Crippen LogP contribution in [0.15, 0.2) is 4.90 Å². The van der Waals surface area contributed by atoms with Crippen LogP contribution in [0.4, 0.5) is 0 Å². The molecule has 1 aromatic rings. The normalized spacial score (nSPS) is 17.8. The lowest BCUT2D eigenvalue weighted by molar-refractivity contribution is 0.0390. The van der Waals surface area contributed by atoms with E-state index >= 15 is 0 Å². The molecule has 19 heavy (non-hydrogen) atoms. The highest BCUT2D eigenvalue weighted by Crippen LogP contribution is 2.15. The van der Waals surface area contributed by atoms with Crippen molar-refractivity contribution in [1.29, 1.82) is 0 Å². The van der Waals surface area contributed by atoms with Gasteiger partial charge in [0.2, 0.25) is 10.0 Å². The number of morpholine rings is 1. The quantitative estimate of drug-likeness (QED) is 0.772. The summed E-state index contributed by atoms with van der Waals surface area (Å²) in [4.78, 5) is 2.44. The number of H-pyrrole nitrogens is 1. The second-order valence-corrected chi connectivity index (χ2v) is 6.32. The summed E-state index contributed by atoms with van der Waals surface area (Å²) in [5, 5.41) is 6.60. The Hall–Kier alpha value is -0.960. The lowest BCUT2D eigenvalue weighted by atomic mass is 10.4. The van der Waals surface area contributed by atoms with Crippen LogP contribution in [-0.2, 0) is 14.8 Å². The minimum atomic E-state index is -3.48. The van der Waals surface area contributed by atoms with E-state index in [0.717, 1.165) is 13.1 Å². The van der Waals surface area contributed by atoms with E-state index in [-0.39, 0.29) is 4.90 Å². The van der Waals surface area contributed by atoms with Crippen LogP contribution in [0.1, 0.15) is 11.4 Å². The maximum Gasteiger partial charge on any atom is 0.244 e. The average molecular weight is 288 g/mol. The van der Waals surface area contributed by atoms with Crippen LogP contribution in [0.2, 0.25) is 0 Å². The predicted molar refractivity (Wildman–Crippen MR) is 70.5 cm³/mol. The summed E-state index contributed by atoms with van der Waals surface area (Å²) < 4.78 is 32.2. The highest BCUT2D eigenvalue weighted by atomic mass is 32.2. The third-order valence-electron chi connectivity index (χ3n) is 3.15. The van der Waals surface area contributed by atoms with Crippen LogP contribution in [0.25, 0.3) is 0 Å².